The number of hydrogen-bond acceptors (Lipinski definition) is 3. The lowest BCUT2D eigenvalue weighted by atomic mass is 9.96. The Balaban J connectivity index is 2.02. The smallest absolute Gasteiger partial charge is 0.240 e. The van der Waals surface area contributed by atoms with Gasteiger partial charge in [0, 0.05) is 25.3 Å². The fraction of sp³-hybridized carbons (Fsp3) is 0.611. The van der Waals surface area contributed by atoms with Crippen LogP contribution in [-0.2, 0) is 11.3 Å². The molecule has 1 aliphatic rings. The number of nitrogens with zero attached hydrogens (tertiary/aromatic N) is 1. The van der Waals surface area contributed by atoms with Crippen LogP contribution in [-0.4, -0.2) is 24.5 Å². The van der Waals surface area contributed by atoms with E-state index in [1.165, 1.54) is 30.5 Å². The highest BCUT2D eigenvalue weighted by molar-refractivity contribution is 5.85. The van der Waals surface area contributed by atoms with Gasteiger partial charge in [0.25, 0.3) is 0 Å². The first-order valence-electron chi connectivity index (χ1n) is 8.44. The molecular formula is C18H29N3O. The van der Waals surface area contributed by atoms with Crippen LogP contribution in [0, 0.1) is 0 Å². The molecule has 1 heterocycles. The second-order valence-electron chi connectivity index (χ2n) is 6.53. The van der Waals surface area contributed by atoms with Gasteiger partial charge in [0.05, 0.1) is 5.54 Å². The first kappa shape index (κ1) is 16.8. The number of carbonyl (C=O) groups excluding carboxylic acids is 1. The molecular weight excluding hydrogens is 274 g/mol. The lowest BCUT2D eigenvalue weighted by Crippen LogP contribution is -2.51. The molecule has 4 heteroatoms. The summed E-state index contributed by atoms with van der Waals surface area (Å²) in [6, 6.07) is 8.35. The Labute approximate surface area is 134 Å². The molecule has 1 atom stereocenters. The summed E-state index contributed by atoms with van der Waals surface area (Å²) in [7, 11) is 0. The molecule has 0 bridgehead atoms. The zero-order valence-electron chi connectivity index (χ0n) is 13.9. The highest BCUT2D eigenvalue weighted by atomic mass is 16.2. The van der Waals surface area contributed by atoms with Crippen molar-refractivity contribution in [3.8, 4) is 0 Å². The summed E-state index contributed by atoms with van der Waals surface area (Å²) in [6.45, 7) is 6.61. The van der Waals surface area contributed by atoms with E-state index < -0.39 is 5.54 Å². The van der Waals surface area contributed by atoms with Crippen molar-refractivity contribution in [2.24, 2.45) is 5.73 Å². The van der Waals surface area contributed by atoms with Crippen LogP contribution in [0.1, 0.15) is 51.5 Å². The minimum atomic E-state index is -0.783. The lowest BCUT2D eigenvalue weighted by molar-refractivity contribution is -0.126. The van der Waals surface area contributed by atoms with Gasteiger partial charge in [0.2, 0.25) is 5.91 Å². The van der Waals surface area contributed by atoms with Crippen molar-refractivity contribution < 1.29 is 4.79 Å². The zero-order valence-corrected chi connectivity index (χ0v) is 13.9. The van der Waals surface area contributed by atoms with E-state index in [1.807, 2.05) is 19.9 Å². The van der Waals surface area contributed by atoms with E-state index >= 15 is 0 Å². The molecule has 122 valence electrons. The van der Waals surface area contributed by atoms with Gasteiger partial charge in [-0.2, -0.15) is 0 Å². The van der Waals surface area contributed by atoms with Crippen molar-refractivity contribution in [3.05, 3.63) is 29.8 Å². The molecule has 0 spiro atoms. The second-order valence-corrected chi connectivity index (χ2v) is 6.53. The number of anilines is 1. The molecule has 3 N–H and O–H groups in total. The van der Waals surface area contributed by atoms with Crippen molar-refractivity contribution in [2.45, 2.75) is 58.0 Å². The monoisotopic (exact) mass is 303 g/mol. The fourth-order valence-corrected chi connectivity index (χ4v) is 3.11. The normalized spacial score (nSPS) is 17.9. The van der Waals surface area contributed by atoms with Gasteiger partial charge >= 0.3 is 0 Å². The van der Waals surface area contributed by atoms with Crippen LogP contribution in [0.15, 0.2) is 24.3 Å². The Bertz CT molecular complexity index is 493. The van der Waals surface area contributed by atoms with Crippen molar-refractivity contribution in [1.29, 1.82) is 0 Å². The number of piperidine rings is 1. The molecule has 1 amide bonds. The highest BCUT2D eigenvalue weighted by Crippen LogP contribution is 2.24. The minimum absolute atomic E-state index is 0.0669. The fourth-order valence-electron chi connectivity index (χ4n) is 3.11. The SMILES string of the molecule is CCCC(C)(N)C(=O)NCc1ccccc1N1CCCCC1. The quantitative estimate of drug-likeness (QED) is 0.849. The number of para-hydroxylation sites is 1. The predicted molar refractivity (Wildman–Crippen MR) is 91.9 cm³/mol. The molecule has 1 saturated heterocycles. The number of nitrogens with one attached hydrogen (secondary N) is 1. The molecule has 1 aromatic rings. The molecule has 0 saturated carbocycles. The third-order valence-electron chi connectivity index (χ3n) is 4.42. The van der Waals surface area contributed by atoms with E-state index in [0.717, 1.165) is 19.5 Å². The van der Waals surface area contributed by atoms with Gasteiger partial charge in [-0.25, -0.2) is 0 Å². The van der Waals surface area contributed by atoms with Gasteiger partial charge in [0.15, 0.2) is 0 Å². The van der Waals surface area contributed by atoms with Crippen LogP contribution >= 0.6 is 0 Å². The summed E-state index contributed by atoms with van der Waals surface area (Å²) < 4.78 is 0. The predicted octanol–water partition coefficient (Wildman–Crippen LogP) is 2.81. The number of hydrogen-bond donors (Lipinski definition) is 2. The van der Waals surface area contributed by atoms with Crippen LogP contribution in [0.5, 0.6) is 0 Å². The van der Waals surface area contributed by atoms with E-state index in [9.17, 15) is 4.79 Å². The first-order chi connectivity index (χ1) is 10.5. The third-order valence-corrected chi connectivity index (χ3v) is 4.42. The Morgan fingerprint density at radius 2 is 1.95 bits per heavy atom. The first-order valence-corrected chi connectivity index (χ1v) is 8.44. The summed E-state index contributed by atoms with van der Waals surface area (Å²) in [5, 5.41) is 3.01. The molecule has 1 aromatic carbocycles. The van der Waals surface area contributed by atoms with Crippen molar-refractivity contribution in [1.82, 2.24) is 5.32 Å². The van der Waals surface area contributed by atoms with Crippen LogP contribution in [0.2, 0.25) is 0 Å². The zero-order chi connectivity index (χ0) is 16.0. The minimum Gasteiger partial charge on any atom is -0.371 e. The molecule has 1 unspecified atom stereocenters. The maximum Gasteiger partial charge on any atom is 0.240 e. The molecule has 1 fully saturated rings. The Morgan fingerprint density at radius 3 is 2.64 bits per heavy atom. The maximum absolute atomic E-state index is 12.3. The van der Waals surface area contributed by atoms with Crippen LogP contribution in [0.25, 0.3) is 0 Å². The number of nitrogens with two attached hydrogens (primary N) is 1. The Kier molecular flexibility index (Phi) is 5.83. The van der Waals surface area contributed by atoms with E-state index in [1.54, 1.807) is 0 Å². The number of benzene rings is 1. The van der Waals surface area contributed by atoms with E-state index in [4.69, 9.17) is 5.73 Å². The average molecular weight is 303 g/mol. The molecule has 22 heavy (non-hydrogen) atoms. The molecule has 0 aromatic heterocycles. The molecule has 0 aliphatic carbocycles. The van der Waals surface area contributed by atoms with E-state index in [-0.39, 0.29) is 5.91 Å². The summed E-state index contributed by atoms with van der Waals surface area (Å²) in [5.74, 6) is -0.0669. The standard InChI is InChI=1S/C18H29N3O/c1-3-11-18(2,19)17(22)20-14-15-9-5-6-10-16(15)21-12-7-4-8-13-21/h5-6,9-10H,3-4,7-8,11-14,19H2,1-2H3,(H,20,22). The van der Waals surface area contributed by atoms with Gasteiger partial charge in [0.1, 0.15) is 0 Å². The molecule has 2 rings (SSSR count). The highest BCUT2D eigenvalue weighted by Gasteiger charge is 2.27. The summed E-state index contributed by atoms with van der Waals surface area (Å²) in [6.07, 6.45) is 5.42. The molecule has 4 nitrogen and oxygen atoms in total. The van der Waals surface area contributed by atoms with Gasteiger partial charge in [-0.15, -0.1) is 0 Å². The van der Waals surface area contributed by atoms with Gasteiger partial charge in [-0.1, -0.05) is 31.5 Å². The largest absolute Gasteiger partial charge is 0.371 e. The molecule has 1 aliphatic heterocycles. The summed E-state index contributed by atoms with van der Waals surface area (Å²) >= 11 is 0. The van der Waals surface area contributed by atoms with Crippen LogP contribution in [0.3, 0.4) is 0 Å². The number of carbonyl (C=O) groups is 1. The molecule has 0 radical (unpaired) electrons. The summed E-state index contributed by atoms with van der Waals surface area (Å²) in [4.78, 5) is 14.7. The van der Waals surface area contributed by atoms with Crippen LogP contribution in [0.4, 0.5) is 5.69 Å². The maximum atomic E-state index is 12.3. The van der Waals surface area contributed by atoms with Gasteiger partial charge in [-0.05, 0) is 44.2 Å². The van der Waals surface area contributed by atoms with Crippen molar-refractivity contribution >= 4 is 11.6 Å². The van der Waals surface area contributed by atoms with Gasteiger partial charge in [-0.3, -0.25) is 4.79 Å². The Morgan fingerprint density at radius 1 is 1.27 bits per heavy atom. The van der Waals surface area contributed by atoms with E-state index in [2.05, 4.69) is 28.4 Å². The van der Waals surface area contributed by atoms with Gasteiger partial charge < -0.3 is 16.0 Å². The van der Waals surface area contributed by atoms with Crippen molar-refractivity contribution in [3.63, 3.8) is 0 Å². The number of amides is 1. The van der Waals surface area contributed by atoms with Crippen molar-refractivity contribution in [2.75, 3.05) is 18.0 Å². The topological polar surface area (TPSA) is 58.4 Å². The lowest BCUT2D eigenvalue weighted by Gasteiger charge is -2.31. The average Bonchev–Trinajstić information content (AvgIpc) is 2.53. The Hall–Kier alpha value is -1.55. The third kappa shape index (κ3) is 4.23. The van der Waals surface area contributed by atoms with Crippen LogP contribution < -0.4 is 16.0 Å². The summed E-state index contributed by atoms with van der Waals surface area (Å²) in [5.41, 5.74) is 7.73. The van der Waals surface area contributed by atoms with E-state index in [0.29, 0.717) is 13.0 Å². The number of rotatable bonds is 6. The second kappa shape index (κ2) is 7.63.